The van der Waals surface area contributed by atoms with Gasteiger partial charge in [-0.1, -0.05) is 91.0 Å². The lowest BCUT2D eigenvalue weighted by Gasteiger charge is -2.32. The molecule has 11 nitrogen and oxygen atoms in total. The number of nitrogens with zero attached hydrogens (tertiary/aromatic N) is 4. The number of alkyl halides is 6. The lowest BCUT2D eigenvalue weighted by molar-refractivity contribution is -0.299. The Kier molecular flexibility index (Phi) is 13.0. The van der Waals surface area contributed by atoms with Crippen LogP contribution in [0.25, 0.3) is 22.7 Å². The highest BCUT2D eigenvalue weighted by atomic mass is 79.9. The number of rotatable bonds is 12. The lowest BCUT2D eigenvalue weighted by Crippen LogP contribution is -2.45. The second kappa shape index (κ2) is 18.2. The van der Waals surface area contributed by atoms with Crippen molar-refractivity contribution in [3.05, 3.63) is 130 Å². The molecule has 0 radical (unpaired) electrons. The molecule has 63 heavy (non-hydrogen) atoms. The third kappa shape index (κ3) is 10.2. The summed E-state index contributed by atoms with van der Waals surface area (Å²) < 4.78 is 110. The first kappa shape index (κ1) is 45.3. The first-order valence-corrected chi connectivity index (χ1v) is 20.8. The summed E-state index contributed by atoms with van der Waals surface area (Å²) in [6, 6.07) is 24.6. The van der Waals surface area contributed by atoms with Crippen LogP contribution in [-0.2, 0) is 32.6 Å². The zero-order chi connectivity index (χ0) is 45.2. The van der Waals surface area contributed by atoms with Gasteiger partial charge in [0.1, 0.15) is 16.8 Å². The summed E-state index contributed by atoms with van der Waals surface area (Å²) in [5.74, 6) is -2.07. The van der Waals surface area contributed by atoms with Gasteiger partial charge in [-0.25, -0.2) is 14.6 Å². The molecule has 2 amide bonds. The molecule has 1 aliphatic carbocycles. The van der Waals surface area contributed by atoms with Gasteiger partial charge in [-0.15, -0.1) is 10.2 Å². The molecule has 0 bridgehead atoms. The molecule has 3 heterocycles. The number of allylic oxidation sites excluding steroid dienone is 1. The van der Waals surface area contributed by atoms with Gasteiger partial charge in [-0.3, -0.25) is 5.32 Å². The highest BCUT2D eigenvalue weighted by molar-refractivity contribution is 9.10. The first-order chi connectivity index (χ1) is 29.8. The maximum atomic E-state index is 15.5. The first-order valence-electron chi connectivity index (χ1n) is 20.0. The standard InChI is InChI=1S/C45H42BrF6N5O6/c1-42(2,3)63-40(58)53-35-23-34(44(47,48)49)37(46)54-36(35)38-55-56-39(62-38)43(45(50,51)52,61-25-28-14-5-4-6-15-28)21-12-11-13-27-20-22-57(24-27)41(59)60-26-33-31-18-9-7-16-29(31)30-17-8-10-19-32(30)33/h4-11,13-19,23,27,33H,12,20-22,24-26H2,1-3H3,(H,53,58). The van der Waals surface area contributed by atoms with E-state index in [9.17, 15) is 22.8 Å². The average Bonchev–Trinajstić information content (AvgIpc) is 3.98. The van der Waals surface area contributed by atoms with Crippen molar-refractivity contribution < 1.29 is 54.6 Å². The van der Waals surface area contributed by atoms with Crippen LogP contribution in [0.5, 0.6) is 0 Å². The van der Waals surface area contributed by atoms with E-state index in [0.717, 1.165) is 22.3 Å². The second-order valence-electron chi connectivity index (χ2n) is 16.1. The molecular formula is C45H42BrF6N5O6. The third-order valence-corrected chi connectivity index (χ3v) is 11.2. The highest BCUT2D eigenvalue weighted by Crippen LogP contribution is 2.48. The van der Waals surface area contributed by atoms with Crippen LogP contribution >= 0.6 is 15.9 Å². The van der Waals surface area contributed by atoms with Gasteiger partial charge in [-0.2, -0.15) is 26.3 Å². The van der Waals surface area contributed by atoms with Crippen LogP contribution in [0.3, 0.4) is 0 Å². The summed E-state index contributed by atoms with van der Waals surface area (Å²) in [4.78, 5) is 31.4. The number of carbonyl (C=O) groups is 2. The van der Waals surface area contributed by atoms with Crippen molar-refractivity contribution in [2.45, 2.75) is 76.1 Å². The van der Waals surface area contributed by atoms with Gasteiger partial charge in [0.25, 0.3) is 11.8 Å². The Morgan fingerprint density at radius 1 is 0.921 bits per heavy atom. The SMILES string of the molecule is CC(C)(C)OC(=O)Nc1cc(C(F)(F)F)c(Br)nc1-c1nnc(C(CCC=CC2CCN(C(=O)OCC3c4ccccc4-c4ccccc43)C2)(OCc2ccccc2)C(F)(F)F)o1. The van der Waals surface area contributed by atoms with Crippen molar-refractivity contribution in [1.82, 2.24) is 20.1 Å². The zero-order valence-corrected chi connectivity index (χ0v) is 35.8. The van der Waals surface area contributed by atoms with Crippen LogP contribution in [0.1, 0.15) is 74.1 Å². The Morgan fingerprint density at radius 2 is 1.57 bits per heavy atom. The van der Waals surface area contributed by atoms with E-state index in [1.54, 1.807) is 47.4 Å². The highest BCUT2D eigenvalue weighted by Gasteiger charge is 2.61. The summed E-state index contributed by atoms with van der Waals surface area (Å²) in [6.45, 7) is 4.88. The number of hydrogen-bond acceptors (Lipinski definition) is 9. The fraction of sp³-hybridized carbons (Fsp3) is 0.356. The number of halogens is 7. The molecule has 2 atom stereocenters. The molecule has 2 aromatic heterocycles. The number of benzene rings is 3. The van der Waals surface area contributed by atoms with Crippen LogP contribution in [0.2, 0.25) is 0 Å². The summed E-state index contributed by atoms with van der Waals surface area (Å²) in [5, 5.41) is 9.64. The molecular weight excluding hydrogens is 900 g/mol. The van der Waals surface area contributed by atoms with Crippen LogP contribution < -0.4 is 5.32 Å². The number of hydrogen-bond donors (Lipinski definition) is 1. The van der Waals surface area contributed by atoms with Crippen LogP contribution in [-0.4, -0.2) is 63.7 Å². The molecule has 0 saturated carbocycles. The van der Waals surface area contributed by atoms with Crippen LogP contribution in [0.4, 0.5) is 41.6 Å². The molecule has 1 fully saturated rings. The molecule has 5 aromatic rings. The number of aromatic nitrogens is 3. The number of ether oxygens (including phenoxy) is 3. The van der Waals surface area contributed by atoms with E-state index in [4.69, 9.17) is 18.6 Å². The Morgan fingerprint density at radius 3 is 2.21 bits per heavy atom. The number of carbonyl (C=O) groups excluding carboxylic acids is 2. The van der Waals surface area contributed by atoms with E-state index >= 15 is 13.2 Å². The number of anilines is 1. The van der Waals surface area contributed by atoms with Crippen molar-refractivity contribution in [1.29, 1.82) is 0 Å². The number of amides is 2. The summed E-state index contributed by atoms with van der Waals surface area (Å²) in [5.41, 5.74) is -2.00. The molecule has 3 aromatic carbocycles. The van der Waals surface area contributed by atoms with E-state index in [1.165, 1.54) is 20.8 Å². The molecule has 0 spiro atoms. The molecule has 1 N–H and O–H groups in total. The maximum absolute atomic E-state index is 15.5. The monoisotopic (exact) mass is 941 g/mol. The van der Waals surface area contributed by atoms with Crippen LogP contribution in [0, 0.1) is 5.92 Å². The fourth-order valence-corrected chi connectivity index (χ4v) is 8.10. The smallest absolute Gasteiger partial charge is 0.426 e. The number of fused-ring (bicyclic) bond motifs is 3. The van der Waals surface area contributed by atoms with Crippen molar-refractivity contribution >= 4 is 33.8 Å². The molecule has 2 aliphatic rings. The Labute approximate surface area is 367 Å². The van der Waals surface area contributed by atoms with Crippen molar-refractivity contribution in [2.75, 3.05) is 25.0 Å². The quantitative estimate of drug-likeness (QED) is 0.0738. The predicted octanol–water partition coefficient (Wildman–Crippen LogP) is 11.8. The van der Waals surface area contributed by atoms with Crippen molar-refractivity contribution in [2.24, 2.45) is 5.92 Å². The molecule has 1 saturated heterocycles. The van der Waals surface area contributed by atoms with Crippen molar-refractivity contribution in [3.63, 3.8) is 0 Å². The second-order valence-corrected chi connectivity index (χ2v) is 16.9. The van der Waals surface area contributed by atoms with E-state index < -0.39 is 82.1 Å². The van der Waals surface area contributed by atoms with E-state index in [0.29, 0.717) is 31.1 Å². The zero-order valence-electron chi connectivity index (χ0n) is 34.2. The minimum absolute atomic E-state index is 0.114. The summed E-state index contributed by atoms with van der Waals surface area (Å²) >= 11 is 2.77. The fourth-order valence-electron chi connectivity index (χ4n) is 7.58. The molecule has 1 aliphatic heterocycles. The van der Waals surface area contributed by atoms with Gasteiger partial charge in [0, 0.05) is 19.0 Å². The van der Waals surface area contributed by atoms with Gasteiger partial charge in [0.05, 0.1) is 17.9 Å². The Bertz CT molecular complexity index is 2430. The van der Waals surface area contributed by atoms with Gasteiger partial charge in [0.15, 0.2) is 5.69 Å². The normalized spacial score (nSPS) is 16.5. The summed E-state index contributed by atoms with van der Waals surface area (Å²) in [6.07, 6.45) is -8.87. The van der Waals surface area contributed by atoms with E-state index in [1.807, 2.05) is 48.5 Å². The molecule has 2 unspecified atom stereocenters. The topological polar surface area (TPSA) is 129 Å². The van der Waals surface area contributed by atoms with E-state index in [2.05, 4.69) is 36.4 Å². The van der Waals surface area contributed by atoms with Crippen LogP contribution in [0.15, 0.2) is 106 Å². The van der Waals surface area contributed by atoms with Crippen molar-refractivity contribution in [3.8, 4) is 22.7 Å². The largest absolute Gasteiger partial charge is 0.448 e. The lowest BCUT2D eigenvalue weighted by atomic mass is 9.95. The Hall–Kier alpha value is -5.75. The summed E-state index contributed by atoms with van der Waals surface area (Å²) in [7, 11) is 0. The predicted molar refractivity (Wildman–Crippen MR) is 222 cm³/mol. The van der Waals surface area contributed by atoms with Gasteiger partial charge < -0.3 is 23.5 Å². The number of nitrogens with one attached hydrogen (secondary N) is 1. The third-order valence-electron chi connectivity index (χ3n) is 10.6. The average molecular weight is 943 g/mol. The van der Waals surface area contributed by atoms with E-state index in [-0.39, 0.29) is 24.9 Å². The minimum atomic E-state index is -5.17. The molecule has 7 rings (SSSR count). The van der Waals surface area contributed by atoms with Gasteiger partial charge in [0.2, 0.25) is 5.60 Å². The molecule has 18 heteroatoms. The number of likely N-dealkylation sites (tertiary alicyclic amines) is 1. The van der Waals surface area contributed by atoms with Gasteiger partial charge >= 0.3 is 24.5 Å². The Balaban J connectivity index is 1.09. The number of pyridine rings is 1. The minimum Gasteiger partial charge on any atom is -0.448 e. The van der Waals surface area contributed by atoms with Gasteiger partial charge in [-0.05, 0) is 95.8 Å². The maximum Gasteiger partial charge on any atom is 0.426 e. The molecule has 332 valence electrons.